The molecule has 1 saturated heterocycles. The monoisotopic (exact) mass is 423 g/mol. The van der Waals surface area contributed by atoms with E-state index in [1.165, 1.54) is 4.90 Å². The molecular formula is C20H25NO5S2. The maximum Gasteiger partial charge on any atom is 0.326 e. The molecule has 1 heterocycles. The molecule has 0 aromatic heterocycles. The summed E-state index contributed by atoms with van der Waals surface area (Å²) < 4.78 is 16.5. The third-order valence-corrected chi connectivity index (χ3v) is 5.15. The van der Waals surface area contributed by atoms with Crippen molar-refractivity contribution in [2.75, 3.05) is 20.3 Å². The molecule has 2 rings (SSSR count). The number of amides is 1. The van der Waals surface area contributed by atoms with Crippen LogP contribution in [0.3, 0.4) is 0 Å². The molecule has 1 aliphatic rings. The Kier molecular flexibility index (Phi) is 8.32. The third kappa shape index (κ3) is 5.97. The topological polar surface area (TPSA) is 65.1 Å². The summed E-state index contributed by atoms with van der Waals surface area (Å²) in [7, 11) is 1.57. The fraction of sp³-hybridized carbons (Fsp3) is 0.450. The molecule has 1 aromatic rings. The average molecular weight is 424 g/mol. The predicted octanol–water partition coefficient (Wildman–Crippen LogP) is 4.03. The molecule has 1 amide bonds. The number of benzene rings is 1. The van der Waals surface area contributed by atoms with Crippen molar-refractivity contribution < 1.29 is 23.8 Å². The number of ether oxygens (including phenoxy) is 3. The maximum atomic E-state index is 12.6. The van der Waals surface area contributed by atoms with Gasteiger partial charge in [-0.05, 0) is 44.0 Å². The molecule has 0 bridgehead atoms. The molecular weight excluding hydrogens is 398 g/mol. The van der Waals surface area contributed by atoms with Gasteiger partial charge in [-0.1, -0.05) is 43.4 Å². The Morgan fingerprint density at radius 2 is 2.07 bits per heavy atom. The summed E-state index contributed by atoms with van der Waals surface area (Å²) in [5.74, 6) is 0.459. The van der Waals surface area contributed by atoms with Crippen molar-refractivity contribution in [3.63, 3.8) is 0 Å². The fourth-order valence-electron chi connectivity index (χ4n) is 2.42. The molecule has 1 aromatic carbocycles. The van der Waals surface area contributed by atoms with E-state index in [1.807, 2.05) is 26.8 Å². The highest BCUT2D eigenvalue weighted by molar-refractivity contribution is 8.26. The van der Waals surface area contributed by atoms with E-state index in [4.69, 9.17) is 26.4 Å². The van der Waals surface area contributed by atoms with Crippen molar-refractivity contribution in [3.8, 4) is 11.5 Å². The summed E-state index contributed by atoms with van der Waals surface area (Å²) in [6.45, 7) is 6.07. The Balaban J connectivity index is 2.11. The van der Waals surface area contributed by atoms with Gasteiger partial charge in [0.1, 0.15) is 10.9 Å². The number of carbonyl (C=O) groups is 2. The van der Waals surface area contributed by atoms with Crippen LogP contribution in [0.15, 0.2) is 23.1 Å². The van der Waals surface area contributed by atoms with E-state index >= 15 is 0 Å². The first-order chi connectivity index (χ1) is 13.3. The lowest BCUT2D eigenvalue weighted by molar-refractivity contribution is -0.146. The summed E-state index contributed by atoms with van der Waals surface area (Å²) in [6, 6.07) is 5.44. The zero-order valence-electron chi connectivity index (χ0n) is 16.5. The third-order valence-electron chi connectivity index (χ3n) is 3.77. The molecule has 6 nitrogen and oxygen atoms in total. The van der Waals surface area contributed by atoms with Crippen LogP contribution in [-0.4, -0.2) is 47.5 Å². The van der Waals surface area contributed by atoms with Gasteiger partial charge in [0.15, 0.2) is 11.5 Å². The molecule has 0 spiro atoms. The van der Waals surface area contributed by atoms with Crippen molar-refractivity contribution in [2.24, 2.45) is 0 Å². The van der Waals surface area contributed by atoms with Crippen molar-refractivity contribution in [1.82, 2.24) is 4.90 Å². The minimum Gasteiger partial charge on any atom is -0.493 e. The summed E-state index contributed by atoms with van der Waals surface area (Å²) in [5.41, 5.74) is 0.777. The van der Waals surface area contributed by atoms with Gasteiger partial charge in [-0.3, -0.25) is 14.5 Å². The van der Waals surface area contributed by atoms with Gasteiger partial charge >= 0.3 is 5.97 Å². The lowest BCUT2D eigenvalue weighted by Gasteiger charge is -2.14. The van der Waals surface area contributed by atoms with Crippen LogP contribution in [0.2, 0.25) is 0 Å². The number of nitrogens with zero attached hydrogens (tertiary/aromatic N) is 1. The van der Waals surface area contributed by atoms with Gasteiger partial charge in [0.2, 0.25) is 0 Å². The van der Waals surface area contributed by atoms with Crippen LogP contribution in [0.25, 0.3) is 6.08 Å². The van der Waals surface area contributed by atoms with Crippen LogP contribution < -0.4 is 9.47 Å². The van der Waals surface area contributed by atoms with Crippen LogP contribution in [0.1, 0.15) is 39.2 Å². The standard InChI is InChI=1S/C20H25NO5S2/c1-5-6-9-25-18(22)12-21-19(23)17(28-20(21)27)11-14-7-8-15(26-13(2)3)16(10-14)24-4/h7-8,10-11,13H,5-6,9,12H2,1-4H3/b17-11-. The van der Waals surface area contributed by atoms with Gasteiger partial charge in [0, 0.05) is 0 Å². The second kappa shape index (κ2) is 10.5. The maximum absolute atomic E-state index is 12.6. The van der Waals surface area contributed by atoms with Gasteiger partial charge in [0.25, 0.3) is 5.91 Å². The normalized spacial score (nSPS) is 15.5. The van der Waals surface area contributed by atoms with E-state index in [0.717, 1.165) is 30.2 Å². The van der Waals surface area contributed by atoms with E-state index in [1.54, 1.807) is 25.3 Å². The summed E-state index contributed by atoms with van der Waals surface area (Å²) in [4.78, 5) is 26.3. The highest BCUT2D eigenvalue weighted by Crippen LogP contribution is 2.35. The van der Waals surface area contributed by atoms with Crippen LogP contribution in [0.5, 0.6) is 11.5 Å². The SMILES string of the molecule is CCCCOC(=O)CN1C(=O)/C(=C/c2ccc(OC(C)C)c(OC)c2)SC1=S. The molecule has 0 saturated carbocycles. The Labute approximate surface area is 175 Å². The van der Waals surface area contributed by atoms with Crippen LogP contribution >= 0.6 is 24.0 Å². The number of unbranched alkanes of at least 4 members (excludes halogenated alkanes) is 1. The second-order valence-corrected chi connectivity index (χ2v) is 8.09. The van der Waals surface area contributed by atoms with Crippen LogP contribution in [-0.2, 0) is 14.3 Å². The van der Waals surface area contributed by atoms with Crippen molar-refractivity contribution in [2.45, 2.75) is 39.7 Å². The highest BCUT2D eigenvalue weighted by atomic mass is 32.2. The van der Waals surface area contributed by atoms with Gasteiger partial charge < -0.3 is 14.2 Å². The number of methoxy groups -OCH3 is 1. The number of hydrogen-bond donors (Lipinski definition) is 0. The zero-order valence-corrected chi connectivity index (χ0v) is 18.2. The summed E-state index contributed by atoms with van der Waals surface area (Å²) in [6.07, 6.45) is 3.47. The van der Waals surface area contributed by atoms with Crippen molar-refractivity contribution >= 4 is 46.3 Å². The van der Waals surface area contributed by atoms with Gasteiger partial charge in [-0.25, -0.2) is 0 Å². The molecule has 0 N–H and O–H groups in total. The van der Waals surface area contributed by atoms with Crippen LogP contribution in [0, 0.1) is 0 Å². The molecule has 8 heteroatoms. The first-order valence-electron chi connectivity index (χ1n) is 9.11. The lowest BCUT2D eigenvalue weighted by atomic mass is 10.2. The van der Waals surface area contributed by atoms with E-state index in [9.17, 15) is 9.59 Å². The van der Waals surface area contributed by atoms with E-state index < -0.39 is 5.97 Å². The molecule has 1 fully saturated rings. The minimum atomic E-state index is -0.456. The summed E-state index contributed by atoms with van der Waals surface area (Å²) in [5, 5.41) is 0. The molecule has 0 aliphatic carbocycles. The first-order valence-corrected chi connectivity index (χ1v) is 10.3. The Bertz CT molecular complexity index is 776. The lowest BCUT2D eigenvalue weighted by Crippen LogP contribution is -2.34. The predicted molar refractivity (Wildman–Crippen MR) is 115 cm³/mol. The number of hydrogen-bond acceptors (Lipinski definition) is 7. The fourth-order valence-corrected chi connectivity index (χ4v) is 3.67. The molecule has 28 heavy (non-hydrogen) atoms. The number of carbonyl (C=O) groups excluding carboxylic acids is 2. The number of thioether (sulfide) groups is 1. The molecule has 0 atom stereocenters. The van der Waals surface area contributed by atoms with Gasteiger partial charge in [-0.2, -0.15) is 0 Å². The van der Waals surface area contributed by atoms with Crippen LogP contribution in [0.4, 0.5) is 0 Å². The Morgan fingerprint density at radius 1 is 1.32 bits per heavy atom. The first kappa shape index (κ1) is 22.2. The quantitative estimate of drug-likeness (QED) is 0.257. The number of esters is 1. The van der Waals surface area contributed by atoms with Crippen molar-refractivity contribution in [3.05, 3.63) is 28.7 Å². The molecule has 1 aliphatic heterocycles. The molecule has 0 unspecified atom stereocenters. The smallest absolute Gasteiger partial charge is 0.326 e. The largest absolute Gasteiger partial charge is 0.493 e. The average Bonchev–Trinajstić information content (AvgIpc) is 2.90. The van der Waals surface area contributed by atoms with Gasteiger partial charge in [0.05, 0.1) is 24.7 Å². The van der Waals surface area contributed by atoms with Crippen molar-refractivity contribution in [1.29, 1.82) is 0 Å². The number of thiocarbonyl (C=S) groups is 1. The van der Waals surface area contributed by atoms with E-state index in [2.05, 4.69) is 0 Å². The molecule has 0 radical (unpaired) electrons. The summed E-state index contributed by atoms with van der Waals surface area (Å²) >= 11 is 6.42. The van der Waals surface area contributed by atoms with Gasteiger partial charge in [-0.15, -0.1) is 0 Å². The number of rotatable bonds is 9. The highest BCUT2D eigenvalue weighted by Gasteiger charge is 2.33. The molecule has 152 valence electrons. The zero-order chi connectivity index (χ0) is 20.7. The second-order valence-electron chi connectivity index (χ2n) is 6.42. The minimum absolute atomic E-state index is 0.0214. The van der Waals surface area contributed by atoms with E-state index in [0.29, 0.717) is 27.3 Å². The Hall–Kier alpha value is -2.06. The Morgan fingerprint density at radius 3 is 2.71 bits per heavy atom. The van der Waals surface area contributed by atoms with E-state index in [-0.39, 0.29) is 18.6 Å².